The zero-order valence-corrected chi connectivity index (χ0v) is 8.95. The molecule has 0 aliphatic carbocycles. The zero-order valence-electron chi connectivity index (χ0n) is 8.14. The van der Waals surface area contributed by atoms with Crippen LogP contribution in [0.1, 0.15) is 15.2 Å². The standard InChI is InChI=1S/C11H8O4S/c12-5-8-7-3-6(4-11(14)15)16-10(7)2-1-9(8)13/h1-3,5,13H,4H2,(H,14,15). The van der Waals surface area contributed by atoms with Crippen molar-refractivity contribution in [2.75, 3.05) is 0 Å². The highest BCUT2D eigenvalue weighted by Crippen LogP contribution is 2.32. The molecular formula is C11H8O4S. The van der Waals surface area contributed by atoms with Crippen molar-refractivity contribution in [2.45, 2.75) is 6.42 Å². The van der Waals surface area contributed by atoms with Crippen molar-refractivity contribution in [3.8, 4) is 5.75 Å². The third-order valence-corrected chi connectivity index (χ3v) is 3.31. The Morgan fingerprint density at radius 2 is 2.19 bits per heavy atom. The fraction of sp³-hybridized carbons (Fsp3) is 0.0909. The van der Waals surface area contributed by atoms with Crippen LogP contribution in [0.5, 0.6) is 5.75 Å². The fourth-order valence-corrected chi connectivity index (χ4v) is 2.60. The molecule has 2 N–H and O–H groups in total. The summed E-state index contributed by atoms with van der Waals surface area (Å²) in [4.78, 5) is 22.0. The van der Waals surface area contributed by atoms with Gasteiger partial charge in [-0.2, -0.15) is 0 Å². The number of thiophene rings is 1. The van der Waals surface area contributed by atoms with Gasteiger partial charge >= 0.3 is 5.97 Å². The highest BCUT2D eigenvalue weighted by molar-refractivity contribution is 7.19. The van der Waals surface area contributed by atoms with Gasteiger partial charge in [0.2, 0.25) is 0 Å². The van der Waals surface area contributed by atoms with Gasteiger partial charge in [0.1, 0.15) is 5.75 Å². The Hall–Kier alpha value is -1.88. The molecular weight excluding hydrogens is 228 g/mol. The number of carbonyl (C=O) groups is 2. The minimum atomic E-state index is -0.913. The van der Waals surface area contributed by atoms with Crippen LogP contribution < -0.4 is 0 Å². The van der Waals surface area contributed by atoms with E-state index < -0.39 is 5.97 Å². The van der Waals surface area contributed by atoms with Crippen molar-refractivity contribution in [2.24, 2.45) is 0 Å². The van der Waals surface area contributed by atoms with E-state index in [9.17, 15) is 14.7 Å². The maximum absolute atomic E-state index is 10.8. The number of aliphatic carboxylic acids is 1. The molecule has 0 unspecified atom stereocenters. The number of aldehydes is 1. The van der Waals surface area contributed by atoms with Crippen LogP contribution >= 0.6 is 11.3 Å². The number of carbonyl (C=O) groups excluding carboxylic acids is 1. The lowest BCUT2D eigenvalue weighted by Gasteiger charge is -1.97. The smallest absolute Gasteiger partial charge is 0.308 e. The van der Waals surface area contributed by atoms with E-state index in [1.165, 1.54) is 17.4 Å². The summed E-state index contributed by atoms with van der Waals surface area (Å²) >= 11 is 1.31. The molecule has 0 saturated carbocycles. The quantitative estimate of drug-likeness (QED) is 0.800. The minimum Gasteiger partial charge on any atom is -0.507 e. The average Bonchev–Trinajstić information content (AvgIpc) is 2.59. The van der Waals surface area contributed by atoms with E-state index in [0.717, 1.165) is 4.70 Å². The van der Waals surface area contributed by atoms with Crippen molar-refractivity contribution in [3.05, 3.63) is 28.6 Å². The van der Waals surface area contributed by atoms with Gasteiger partial charge in [0, 0.05) is 15.0 Å². The van der Waals surface area contributed by atoms with Crippen molar-refractivity contribution in [3.63, 3.8) is 0 Å². The summed E-state index contributed by atoms with van der Waals surface area (Å²) in [5, 5.41) is 18.7. The molecule has 1 heterocycles. The van der Waals surface area contributed by atoms with E-state index in [-0.39, 0.29) is 17.7 Å². The molecule has 1 aromatic carbocycles. The van der Waals surface area contributed by atoms with E-state index in [1.807, 2.05) is 0 Å². The Labute approximate surface area is 94.8 Å². The Morgan fingerprint density at radius 3 is 2.81 bits per heavy atom. The van der Waals surface area contributed by atoms with Crippen LogP contribution in [-0.2, 0) is 11.2 Å². The van der Waals surface area contributed by atoms with E-state index in [2.05, 4.69) is 0 Å². The highest BCUT2D eigenvalue weighted by atomic mass is 32.1. The average molecular weight is 236 g/mol. The van der Waals surface area contributed by atoms with Crippen LogP contribution in [0.4, 0.5) is 0 Å². The SMILES string of the molecule is O=Cc1c(O)ccc2sc(CC(=O)O)cc12. The number of phenolic OH excluding ortho intramolecular Hbond substituents is 1. The van der Waals surface area contributed by atoms with Gasteiger partial charge in [-0.25, -0.2) is 0 Å². The molecule has 0 radical (unpaired) electrons. The molecule has 0 aliphatic rings. The van der Waals surface area contributed by atoms with Crippen molar-refractivity contribution in [1.82, 2.24) is 0 Å². The second-order valence-electron chi connectivity index (χ2n) is 3.31. The molecule has 0 fully saturated rings. The predicted octanol–water partition coefficient (Wildman–Crippen LogP) is 2.05. The molecule has 0 saturated heterocycles. The molecule has 1 aromatic heterocycles. The monoisotopic (exact) mass is 236 g/mol. The molecule has 82 valence electrons. The molecule has 0 aliphatic heterocycles. The number of rotatable bonds is 3. The van der Waals surface area contributed by atoms with Gasteiger partial charge in [-0.05, 0) is 18.2 Å². The number of benzene rings is 1. The van der Waals surface area contributed by atoms with E-state index in [4.69, 9.17) is 5.11 Å². The van der Waals surface area contributed by atoms with Crippen molar-refractivity contribution in [1.29, 1.82) is 0 Å². The number of hydrogen-bond acceptors (Lipinski definition) is 4. The third-order valence-electron chi connectivity index (χ3n) is 2.21. The van der Waals surface area contributed by atoms with Gasteiger partial charge in [0.15, 0.2) is 6.29 Å². The van der Waals surface area contributed by atoms with Crippen molar-refractivity contribution >= 4 is 33.7 Å². The lowest BCUT2D eigenvalue weighted by molar-refractivity contribution is -0.136. The van der Waals surface area contributed by atoms with Crippen LogP contribution in [0, 0.1) is 0 Å². The predicted molar refractivity (Wildman–Crippen MR) is 60.2 cm³/mol. The van der Waals surface area contributed by atoms with Gasteiger partial charge in [0.05, 0.1) is 12.0 Å². The summed E-state index contributed by atoms with van der Waals surface area (Å²) in [5.74, 6) is -0.995. The molecule has 0 amide bonds. The highest BCUT2D eigenvalue weighted by Gasteiger charge is 2.11. The second-order valence-corrected chi connectivity index (χ2v) is 4.48. The first-order valence-electron chi connectivity index (χ1n) is 4.53. The summed E-state index contributed by atoms with van der Waals surface area (Å²) in [5.41, 5.74) is 0.213. The fourth-order valence-electron chi connectivity index (χ4n) is 1.53. The van der Waals surface area contributed by atoms with Crippen LogP contribution in [-0.4, -0.2) is 22.5 Å². The lowest BCUT2D eigenvalue weighted by Crippen LogP contribution is -1.97. The first kappa shape index (κ1) is 10.6. The molecule has 16 heavy (non-hydrogen) atoms. The van der Waals surface area contributed by atoms with E-state index in [1.54, 1.807) is 12.1 Å². The van der Waals surface area contributed by atoms with E-state index in [0.29, 0.717) is 16.5 Å². The molecule has 2 rings (SSSR count). The maximum Gasteiger partial charge on any atom is 0.308 e. The normalized spacial score (nSPS) is 10.5. The number of hydrogen-bond donors (Lipinski definition) is 2. The second kappa shape index (κ2) is 3.94. The van der Waals surface area contributed by atoms with E-state index >= 15 is 0 Å². The molecule has 0 bridgehead atoms. The zero-order chi connectivity index (χ0) is 11.7. The van der Waals surface area contributed by atoms with Gasteiger partial charge in [0.25, 0.3) is 0 Å². The topological polar surface area (TPSA) is 74.6 Å². The first-order chi connectivity index (χ1) is 7.61. The van der Waals surface area contributed by atoms with Gasteiger partial charge in [-0.15, -0.1) is 11.3 Å². The Bertz CT molecular complexity index is 571. The first-order valence-corrected chi connectivity index (χ1v) is 5.35. The Kier molecular flexibility index (Phi) is 2.62. The molecule has 4 nitrogen and oxygen atoms in total. The Balaban J connectivity index is 2.61. The number of carboxylic acids is 1. The number of phenols is 1. The van der Waals surface area contributed by atoms with Crippen LogP contribution in [0.3, 0.4) is 0 Å². The van der Waals surface area contributed by atoms with Crippen LogP contribution in [0.15, 0.2) is 18.2 Å². The Morgan fingerprint density at radius 1 is 1.44 bits per heavy atom. The van der Waals surface area contributed by atoms with Crippen LogP contribution in [0.2, 0.25) is 0 Å². The summed E-state index contributed by atoms with van der Waals surface area (Å²) in [6.45, 7) is 0. The largest absolute Gasteiger partial charge is 0.507 e. The maximum atomic E-state index is 10.8. The minimum absolute atomic E-state index is 0.0710. The summed E-state index contributed by atoms with van der Waals surface area (Å²) < 4.78 is 0.802. The summed E-state index contributed by atoms with van der Waals surface area (Å²) in [6, 6.07) is 4.75. The molecule has 5 heteroatoms. The molecule has 0 spiro atoms. The van der Waals surface area contributed by atoms with Gasteiger partial charge in [-0.3, -0.25) is 9.59 Å². The molecule has 2 aromatic rings. The van der Waals surface area contributed by atoms with Gasteiger partial charge in [-0.1, -0.05) is 0 Å². The summed E-state index contributed by atoms with van der Waals surface area (Å²) in [6.07, 6.45) is 0.507. The van der Waals surface area contributed by atoms with Crippen molar-refractivity contribution < 1.29 is 19.8 Å². The third kappa shape index (κ3) is 1.77. The summed E-state index contributed by atoms with van der Waals surface area (Å²) in [7, 11) is 0. The lowest BCUT2D eigenvalue weighted by atomic mass is 10.1. The van der Waals surface area contributed by atoms with Crippen LogP contribution in [0.25, 0.3) is 10.1 Å². The molecule has 0 atom stereocenters. The number of aromatic hydroxyl groups is 1. The number of fused-ring (bicyclic) bond motifs is 1. The van der Waals surface area contributed by atoms with Gasteiger partial charge < -0.3 is 10.2 Å². The number of carboxylic acid groups (broad SMARTS) is 1.